The van der Waals surface area contributed by atoms with Crippen LogP contribution < -0.4 is 5.32 Å². The minimum atomic E-state index is 0.794. The van der Waals surface area contributed by atoms with Gasteiger partial charge in [-0.3, -0.25) is 0 Å². The van der Waals surface area contributed by atoms with Gasteiger partial charge in [0.25, 0.3) is 0 Å². The van der Waals surface area contributed by atoms with Gasteiger partial charge in [-0.1, -0.05) is 23.8 Å². The molecule has 0 saturated heterocycles. The van der Waals surface area contributed by atoms with Crippen molar-refractivity contribution < 1.29 is 0 Å². The zero-order valence-corrected chi connectivity index (χ0v) is 7.43. The van der Waals surface area contributed by atoms with Crippen LogP contribution in [0.1, 0.15) is 12.0 Å². The summed E-state index contributed by atoms with van der Waals surface area (Å²) in [6.07, 6.45) is 5.35. The normalized spacial score (nSPS) is 14.8. The number of benzene rings is 1. The summed E-state index contributed by atoms with van der Waals surface area (Å²) in [6, 6.07) is 5.91. The number of hydrogen-bond donors (Lipinski definition) is 1. The van der Waals surface area contributed by atoms with Crippen molar-refractivity contribution in [3.8, 4) is 0 Å². The van der Waals surface area contributed by atoms with E-state index in [0.29, 0.717) is 0 Å². The van der Waals surface area contributed by atoms with Gasteiger partial charge in [0.1, 0.15) is 0 Å². The molecule has 0 amide bonds. The summed E-state index contributed by atoms with van der Waals surface area (Å²) in [6.45, 7) is 1.01. The van der Waals surface area contributed by atoms with Crippen LogP contribution in [0.5, 0.6) is 0 Å². The molecule has 1 aromatic rings. The predicted octanol–water partition coefficient (Wildman–Crippen LogP) is 3.17. The van der Waals surface area contributed by atoms with Gasteiger partial charge in [-0.15, -0.1) is 0 Å². The molecule has 0 radical (unpaired) electrons. The van der Waals surface area contributed by atoms with Crippen LogP contribution in [0.15, 0.2) is 24.3 Å². The monoisotopic (exact) mass is 179 g/mol. The summed E-state index contributed by atoms with van der Waals surface area (Å²) in [5.74, 6) is 0. The van der Waals surface area contributed by atoms with Crippen LogP contribution in [0.25, 0.3) is 6.08 Å². The van der Waals surface area contributed by atoms with Crippen molar-refractivity contribution in [3.05, 3.63) is 34.9 Å². The van der Waals surface area contributed by atoms with Crippen LogP contribution in [-0.2, 0) is 0 Å². The minimum absolute atomic E-state index is 0.794. The second-order valence-corrected chi connectivity index (χ2v) is 3.29. The molecule has 0 aliphatic carbocycles. The molecular formula is C10H10ClN. The topological polar surface area (TPSA) is 12.0 Å². The molecule has 0 aromatic heterocycles. The lowest BCUT2D eigenvalue weighted by Crippen LogP contribution is -1.99. The molecule has 0 atom stereocenters. The molecule has 0 fully saturated rings. The fourth-order valence-electron chi connectivity index (χ4n) is 1.33. The van der Waals surface area contributed by atoms with E-state index in [2.05, 4.69) is 17.5 Å². The lowest BCUT2D eigenvalue weighted by atomic mass is 10.2. The molecule has 2 rings (SSSR count). The lowest BCUT2D eigenvalue weighted by Gasteiger charge is -2.05. The third kappa shape index (κ3) is 1.46. The first-order valence-corrected chi connectivity index (χ1v) is 4.44. The van der Waals surface area contributed by atoms with Crippen LogP contribution >= 0.6 is 11.6 Å². The molecular weight excluding hydrogens is 170 g/mol. The molecule has 1 N–H and O–H groups in total. The van der Waals surface area contributed by atoms with E-state index < -0.39 is 0 Å². The van der Waals surface area contributed by atoms with Gasteiger partial charge in [0.05, 0.1) is 0 Å². The van der Waals surface area contributed by atoms with Crippen molar-refractivity contribution in [3.63, 3.8) is 0 Å². The quantitative estimate of drug-likeness (QED) is 0.645. The Morgan fingerprint density at radius 3 is 3.17 bits per heavy atom. The maximum absolute atomic E-state index is 5.87. The highest BCUT2D eigenvalue weighted by molar-refractivity contribution is 6.30. The van der Waals surface area contributed by atoms with Crippen LogP contribution in [0.4, 0.5) is 5.69 Å². The van der Waals surface area contributed by atoms with Crippen molar-refractivity contribution in [2.75, 3.05) is 11.9 Å². The van der Waals surface area contributed by atoms with Crippen LogP contribution in [0.3, 0.4) is 0 Å². The van der Waals surface area contributed by atoms with Crippen molar-refractivity contribution in [2.45, 2.75) is 6.42 Å². The fourth-order valence-corrected chi connectivity index (χ4v) is 1.51. The average molecular weight is 180 g/mol. The zero-order chi connectivity index (χ0) is 8.39. The van der Waals surface area contributed by atoms with Gasteiger partial charge in [-0.2, -0.15) is 0 Å². The Kier molecular flexibility index (Phi) is 2.05. The van der Waals surface area contributed by atoms with Gasteiger partial charge >= 0.3 is 0 Å². The van der Waals surface area contributed by atoms with Gasteiger partial charge in [0.15, 0.2) is 0 Å². The molecule has 0 spiro atoms. The number of halogens is 1. The SMILES string of the molecule is Clc1ccc2c(c1)C=CCCN2. The minimum Gasteiger partial charge on any atom is -0.384 e. The molecule has 1 nitrogen and oxygen atoms in total. The molecule has 1 aromatic carbocycles. The third-order valence-corrected chi connectivity index (χ3v) is 2.17. The Bertz CT molecular complexity index is 318. The maximum Gasteiger partial charge on any atom is 0.0414 e. The van der Waals surface area contributed by atoms with E-state index in [0.717, 1.165) is 18.0 Å². The van der Waals surface area contributed by atoms with E-state index in [4.69, 9.17) is 11.6 Å². The molecule has 62 valence electrons. The van der Waals surface area contributed by atoms with Crippen molar-refractivity contribution in [2.24, 2.45) is 0 Å². The summed E-state index contributed by atoms with van der Waals surface area (Å²) >= 11 is 5.87. The van der Waals surface area contributed by atoms with Crippen LogP contribution in [0, 0.1) is 0 Å². The molecule has 0 saturated carbocycles. The zero-order valence-electron chi connectivity index (χ0n) is 6.68. The number of fused-ring (bicyclic) bond motifs is 1. The fraction of sp³-hybridized carbons (Fsp3) is 0.200. The Morgan fingerprint density at radius 2 is 2.25 bits per heavy atom. The Balaban J connectivity index is 2.47. The van der Waals surface area contributed by atoms with E-state index in [1.165, 1.54) is 11.3 Å². The Morgan fingerprint density at radius 1 is 1.33 bits per heavy atom. The van der Waals surface area contributed by atoms with Crippen LogP contribution in [-0.4, -0.2) is 6.54 Å². The second kappa shape index (κ2) is 3.20. The second-order valence-electron chi connectivity index (χ2n) is 2.85. The summed E-state index contributed by atoms with van der Waals surface area (Å²) in [4.78, 5) is 0. The molecule has 0 bridgehead atoms. The number of rotatable bonds is 0. The van der Waals surface area contributed by atoms with E-state index in [1.807, 2.05) is 18.2 Å². The van der Waals surface area contributed by atoms with Gasteiger partial charge in [-0.05, 0) is 30.2 Å². The highest BCUT2D eigenvalue weighted by Crippen LogP contribution is 2.23. The summed E-state index contributed by atoms with van der Waals surface area (Å²) in [7, 11) is 0. The van der Waals surface area contributed by atoms with Gasteiger partial charge in [0.2, 0.25) is 0 Å². The average Bonchev–Trinajstić information content (AvgIpc) is 2.28. The highest BCUT2D eigenvalue weighted by Gasteiger charge is 2.01. The first-order valence-electron chi connectivity index (χ1n) is 4.06. The first kappa shape index (κ1) is 7.69. The lowest BCUT2D eigenvalue weighted by molar-refractivity contribution is 1.08. The molecule has 2 heteroatoms. The summed E-state index contributed by atoms with van der Waals surface area (Å²) in [5.41, 5.74) is 2.35. The number of hydrogen-bond acceptors (Lipinski definition) is 1. The molecule has 12 heavy (non-hydrogen) atoms. The van der Waals surface area contributed by atoms with Gasteiger partial charge in [-0.25, -0.2) is 0 Å². The smallest absolute Gasteiger partial charge is 0.0414 e. The van der Waals surface area contributed by atoms with Crippen LogP contribution in [0.2, 0.25) is 5.02 Å². The van der Waals surface area contributed by atoms with E-state index in [9.17, 15) is 0 Å². The first-order chi connectivity index (χ1) is 5.86. The van der Waals surface area contributed by atoms with Crippen molar-refractivity contribution in [1.29, 1.82) is 0 Å². The highest BCUT2D eigenvalue weighted by atomic mass is 35.5. The Labute approximate surface area is 77.0 Å². The standard InChI is InChI=1S/C10H10ClN/c11-9-4-5-10-8(7-9)3-1-2-6-12-10/h1,3-5,7,12H,2,6H2. The molecule has 1 heterocycles. The summed E-state index contributed by atoms with van der Waals surface area (Å²) < 4.78 is 0. The maximum atomic E-state index is 5.87. The molecule has 1 aliphatic rings. The van der Waals surface area contributed by atoms with E-state index in [1.54, 1.807) is 0 Å². The third-order valence-electron chi connectivity index (χ3n) is 1.94. The van der Waals surface area contributed by atoms with Crippen molar-refractivity contribution in [1.82, 2.24) is 0 Å². The van der Waals surface area contributed by atoms with E-state index in [-0.39, 0.29) is 0 Å². The summed E-state index contributed by atoms with van der Waals surface area (Å²) in [5, 5.41) is 4.12. The largest absolute Gasteiger partial charge is 0.384 e. The van der Waals surface area contributed by atoms with Crippen molar-refractivity contribution >= 4 is 23.4 Å². The number of nitrogens with one attached hydrogen (secondary N) is 1. The molecule has 1 aliphatic heterocycles. The Hall–Kier alpha value is -0.950. The predicted molar refractivity (Wildman–Crippen MR) is 53.6 cm³/mol. The molecule has 0 unspecified atom stereocenters. The number of anilines is 1. The van der Waals surface area contributed by atoms with Gasteiger partial charge in [0, 0.05) is 17.3 Å². The van der Waals surface area contributed by atoms with E-state index >= 15 is 0 Å². The van der Waals surface area contributed by atoms with Gasteiger partial charge < -0.3 is 5.32 Å².